The van der Waals surface area contributed by atoms with Gasteiger partial charge in [-0.1, -0.05) is 27.3 Å². The lowest BCUT2D eigenvalue weighted by atomic mass is 10.3. The van der Waals surface area contributed by atoms with Gasteiger partial charge in [0, 0.05) is 10.5 Å². The molecule has 100 valence electrons. The number of anilines is 1. The van der Waals surface area contributed by atoms with E-state index >= 15 is 0 Å². The molecule has 0 unspecified atom stereocenters. The highest BCUT2D eigenvalue weighted by Crippen LogP contribution is 2.28. The Morgan fingerprint density at radius 1 is 1.42 bits per heavy atom. The van der Waals surface area contributed by atoms with E-state index in [0.717, 1.165) is 23.5 Å². The Bertz CT molecular complexity index is 716. The van der Waals surface area contributed by atoms with Crippen LogP contribution in [0.1, 0.15) is 0 Å². The lowest BCUT2D eigenvalue weighted by Crippen LogP contribution is -2.14. The third kappa shape index (κ3) is 3.05. The van der Waals surface area contributed by atoms with E-state index in [9.17, 15) is 18.5 Å². The van der Waals surface area contributed by atoms with E-state index in [1.54, 1.807) is 0 Å². The fraction of sp³-hybridized carbons (Fsp3) is 0. The highest BCUT2D eigenvalue weighted by molar-refractivity contribution is 9.10. The minimum atomic E-state index is -4.10. The van der Waals surface area contributed by atoms with Crippen LogP contribution in [0.5, 0.6) is 0 Å². The monoisotopic (exact) mass is 364 g/mol. The van der Waals surface area contributed by atoms with E-state index in [4.69, 9.17) is 0 Å². The van der Waals surface area contributed by atoms with Crippen LogP contribution in [0.2, 0.25) is 0 Å². The third-order valence-corrected chi connectivity index (χ3v) is 4.59. The van der Waals surface area contributed by atoms with E-state index in [0.29, 0.717) is 4.47 Å². The molecule has 1 N–H and O–H groups in total. The number of nitrogens with one attached hydrogen (secondary N) is 1. The molecule has 0 saturated heterocycles. The lowest BCUT2D eigenvalue weighted by molar-refractivity contribution is -0.387. The number of hydrogen-bond donors (Lipinski definition) is 1. The van der Waals surface area contributed by atoms with E-state index in [-0.39, 0.29) is 5.13 Å². The van der Waals surface area contributed by atoms with Gasteiger partial charge in [0.15, 0.2) is 4.90 Å². The second-order valence-electron chi connectivity index (χ2n) is 3.22. The first kappa shape index (κ1) is 13.8. The summed E-state index contributed by atoms with van der Waals surface area (Å²) in [6, 6.07) is 3.66. The summed E-state index contributed by atoms with van der Waals surface area (Å²) in [5.41, 5.74) is 0.827. The van der Waals surface area contributed by atoms with E-state index < -0.39 is 25.5 Å². The largest absolute Gasteiger partial charge is 0.289 e. The Morgan fingerprint density at radius 3 is 2.74 bits per heavy atom. The summed E-state index contributed by atoms with van der Waals surface area (Å²) in [5, 5.41) is 17.9. The zero-order valence-corrected chi connectivity index (χ0v) is 12.2. The van der Waals surface area contributed by atoms with Crippen molar-refractivity contribution < 1.29 is 13.3 Å². The van der Waals surface area contributed by atoms with Gasteiger partial charge < -0.3 is 0 Å². The molecule has 0 bridgehead atoms. The van der Waals surface area contributed by atoms with Gasteiger partial charge in [0.2, 0.25) is 5.13 Å². The van der Waals surface area contributed by atoms with Gasteiger partial charge in [-0.25, -0.2) is 8.42 Å². The number of aromatic nitrogens is 2. The van der Waals surface area contributed by atoms with Gasteiger partial charge in [-0.05, 0) is 12.1 Å². The number of hydrogen-bond acceptors (Lipinski definition) is 7. The first-order valence-corrected chi connectivity index (χ1v) is 7.78. The van der Waals surface area contributed by atoms with Crippen LogP contribution in [0.15, 0.2) is 33.1 Å². The first-order chi connectivity index (χ1) is 8.90. The van der Waals surface area contributed by atoms with E-state index in [2.05, 4.69) is 30.8 Å². The van der Waals surface area contributed by atoms with Crippen molar-refractivity contribution in [3.8, 4) is 0 Å². The molecule has 0 fully saturated rings. The summed E-state index contributed by atoms with van der Waals surface area (Å²) in [5.74, 6) is 0. The van der Waals surface area contributed by atoms with Crippen LogP contribution in [0.3, 0.4) is 0 Å². The van der Waals surface area contributed by atoms with Crippen LogP contribution in [0.4, 0.5) is 10.8 Å². The summed E-state index contributed by atoms with van der Waals surface area (Å²) in [4.78, 5) is 9.65. The summed E-state index contributed by atoms with van der Waals surface area (Å²) >= 11 is 4.04. The van der Waals surface area contributed by atoms with Crippen LogP contribution in [0.25, 0.3) is 0 Å². The average molecular weight is 365 g/mol. The molecule has 1 heterocycles. The molecule has 0 amide bonds. The van der Waals surface area contributed by atoms with Crippen molar-refractivity contribution >= 4 is 48.1 Å². The molecule has 0 aliphatic carbocycles. The molecule has 2 aromatic rings. The fourth-order valence-electron chi connectivity index (χ4n) is 1.24. The van der Waals surface area contributed by atoms with Crippen molar-refractivity contribution in [1.82, 2.24) is 10.2 Å². The van der Waals surface area contributed by atoms with Gasteiger partial charge in [0.25, 0.3) is 15.7 Å². The highest BCUT2D eigenvalue weighted by atomic mass is 79.9. The first-order valence-electron chi connectivity index (χ1n) is 4.63. The van der Waals surface area contributed by atoms with Crippen LogP contribution in [-0.4, -0.2) is 23.5 Å². The Hall–Kier alpha value is -1.59. The average Bonchev–Trinajstić information content (AvgIpc) is 2.80. The summed E-state index contributed by atoms with van der Waals surface area (Å²) in [6.45, 7) is 0. The number of nitro benzene ring substituents is 1. The molecule has 0 spiro atoms. The molecule has 0 atom stereocenters. The molecule has 0 aliphatic rings. The number of sulfonamides is 1. The molecule has 11 heteroatoms. The molecule has 1 aromatic carbocycles. The predicted molar refractivity (Wildman–Crippen MR) is 71.5 cm³/mol. The van der Waals surface area contributed by atoms with Crippen molar-refractivity contribution in [2.45, 2.75) is 4.90 Å². The molecular formula is C8H5BrN4O4S2. The maximum atomic E-state index is 12.1. The molecular weight excluding hydrogens is 360 g/mol. The van der Waals surface area contributed by atoms with Crippen molar-refractivity contribution in [1.29, 1.82) is 0 Å². The predicted octanol–water partition coefficient (Wildman–Crippen LogP) is 2.01. The quantitative estimate of drug-likeness (QED) is 0.655. The minimum Gasteiger partial charge on any atom is -0.258 e. The Labute approximate surface area is 119 Å². The number of benzene rings is 1. The molecule has 1 aromatic heterocycles. The van der Waals surface area contributed by atoms with E-state index in [1.807, 2.05) is 0 Å². The summed E-state index contributed by atoms with van der Waals surface area (Å²) < 4.78 is 26.7. The number of nitrogens with zero attached hydrogens (tertiary/aromatic N) is 3. The normalized spacial score (nSPS) is 11.2. The second kappa shape index (κ2) is 5.19. The van der Waals surface area contributed by atoms with Gasteiger partial charge >= 0.3 is 0 Å². The van der Waals surface area contributed by atoms with Crippen LogP contribution >= 0.6 is 27.3 Å². The molecule has 0 aliphatic heterocycles. The van der Waals surface area contributed by atoms with Gasteiger partial charge in [-0.3, -0.25) is 14.8 Å². The van der Waals surface area contributed by atoms with Crippen LogP contribution < -0.4 is 4.72 Å². The van der Waals surface area contributed by atoms with Gasteiger partial charge in [0.05, 0.1) is 4.92 Å². The maximum absolute atomic E-state index is 12.1. The highest BCUT2D eigenvalue weighted by Gasteiger charge is 2.26. The van der Waals surface area contributed by atoms with Crippen molar-refractivity contribution in [2.75, 3.05) is 4.72 Å². The van der Waals surface area contributed by atoms with Gasteiger partial charge in [0.1, 0.15) is 5.51 Å². The van der Waals surface area contributed by atoms with Crippen molar-refractivity contribution in [2.24, 2.45) is 0 Å². The van der Waals surface area contributed by atoms with Gasteiger partial charge in [-0.15, -0.1) is 10.2 Å². The third-order valence-electron chi connectivity index (χ3n) is 1.99. The second-order valence-corrected chi connectivity index (χ2v) is 6.62. The van der Waals surface area contributed by atoms with Crippen LogP contribution in [0, 0.1) is 10.1 Å². The SMILES string of the molecule is O=[N+]([O-])c1ccc(Br)cc1S(=O)(=O)Nc1nncs1. The maximum Gasteiger partial charge on any atom is 0.289 e. The topological polar surface area (TPSA) is 115 Å². The number of halogens is 1. The Balaban J connectivity index is 2.50. The number of rotatable bonds is 4. The minimum absolute atomic E-state index is 0.0364. The zero-order chi connectivity index (χ0) is 14.0. The molecule has 0 radical (unpaired) electrons. The van der Waals surface area contributed by atoms with E-state index in [1.165, 1.54) is 11.6 Å². The molecule has 0 saturated carbocycles. The molecule has 2 rings (SSSR count). The summed E-state index contributed by atoms with van der Waals surface area (Å²) in [6.07, 6.45) is 0. The van der Waals surface area contributed by atoms with Crippen molar-refractivity contribution in [3.63, 3.8) is 0 Å². The van der Waals surface area contributed by atoms with Crippen molar-refractivity contribution in [3.05, 3.63) is 38.3 Å². The number of nitro groups is 1. The zero-order valence-electron chi connectivity index (χ0n) is 8.98. The van der Waals surface area contributed by atoms with Gasteiger partial charge in [-0.2, -0.15) is 0 Å². The fourth-order valence-corrected chi connectivity index (χ4v) is 3.64. The summed E-state index contributed by atoms with van der Waals surface area (Å²) in [7, 11) is -4.10. The smallest absolute Gasteiger partial charge is 0.258 e. The molecule has 19 heavy (non-hydrogen) atoms. The lowest BCUT2D eigenvalue weighted by Gasteiger charge is -2.05. The Morgan fingerprint density at radius 2 is 2.16 bits per heavy atom. The Kier molecular flexibility index (Phi) is 3.78. The van der Waals surface area contributed by atoms with Crippen LogP contribution in [-0.2, 0) is 10.0 Å². The molecule has 8 nitrogen and oxygen atoms in total. The standard InChI is InChI=1S/C8H5BrN4O4S2/c9-5-1-2-6(13(14)15)7(3-5)19(16,17)12-8-11-10-4-18-8/h1-4H,(H,11,12).